The smallest absolute Gasteiger partial charge is 0.0487 e. The third-order valence-corrected chi connectivity index (χ3v) is 5.63. The Labute approximate surface area is 183 Å². The van der Waals surface area contributed by atoms with Gasteiger partial charge in [0.2, 0.25) is 0 Å². The number of fused-ring (bicyclic) bond motifs is 1. The van der Waals surface area contributed by atoms with Crippen LogP contribution >= 0.6 is 0 Å². The predicted molar refractivity (Wildman–Crippen MR) is 133 cm³/mol. The molecule has 5 aromatic carbocycles. The average Bonchev–Trinajstić information content (AvgIpc) is 2.85. The minimum Gasteiger partial charge on any atom is -0.344 e. The van der Waals surface area contributed by atoms with E-state index in [4.69, 9.17) is 0 Å². The van der Waals surface area contributed by atoms with E-state index in [2.05, 4.69) is 144 Å². The summed E-state index contributed by atoms with van der Waals surface area (Å²) >= 11 is 0. The highest BCUT2D eigenvalue weighted by Gasteiger charge is 2.14. The number of hydrogen-bond acceptors (Lipinski definition) is 2. The molecule has 0 saturated carbocycles. The second kappa shape index (κ2) is 8.37. The molecule has 0 amide bonds. The second-order valence-corrected chi connectivity index (χ2v) is 7.58. The summed E-state index contributed by atoms with van der Waals surface area (Å²) < 4.78 is 0. The van der Waals surface area contributed by atoms with Crippen LogP contribution < -0.4 is 9.80 Å². The van der Waals surface area contributed by atoms with Crippen molar-refractivity contribution >= 4 is 39.2 Å². The maximum atomic E-state index is 2.29. The minimum absolute atomic E-state index is 1.13. The van der Waals surface area contributed by atoms with E-state index in [0.717, 1.165) is 22.7 Å². The quantitative estimate of drug-likeness (QED) is 0.294. The van der Waals surface area contributed by atoms with Crippen LogP contribution in [0.3, 0.4) is 0 Å². The fraction of sp³-hybridized carbons (Fsp3) is 0.0345. The number of hydrogen-bond donors (Lipinski definition) is 0. The summed E-state index contributed by atoms with van der Waals surface area (Å²) in [6.07, 6.45) is 0. The van der Waals surface area contributed by atoms with Gasteiger partial charge in [-0.3, -0.25) is 0 Å². The van der Waals surface area contributed by atoms with E-state index >= 15 is 0 Å². The lowest BCUT2D eigenvalue weighted by atomic mass is 10.1. The molecule has 0 spiro atoms. The largest absolute Gasteiger partial charge is 0.344 e. The molecule has 5 rings (SSSR count). The standard InChI is InChI=1S/C29H24N2/c1-30(29-21-10-13-23-12-8-9-20-28(23)29)26-18-11-19-27(22-26)31(24-14-4-2-5-15-24)25-16-6-3-7-17-25/h2-22H,1H3. The molecule has 0 saturated heterocycles. The van der Waals surface area contributed by atoms with Crippen LogP contribution in [0.25, 0.3) is 10.8 Å². The van der Waals surface area contributed by atoms with Gasteiger partial charge in [-0.25, -0.2) is 0 Å². The number of para-hydroxylation sites is 2. The van der Waals surface area contributed by atoms with Crippen molar-refractivity contribution in [1.29, 1.82) is 0 Å². The Morgan fingerprint density at radius 1 is 0.452 bits per heavy atom. The van der Waals surface area contributed by atoms with Gasteiger partial charge in [0.25, 0.3) is 0 Å². The fourth-order valence-electron chi connectivity index (χ4n) is 4.08. The van der Waals surface area contributed by atoms with Gasteiger partial charge < -0.3 is 9.80 Å². The summed E-state index contributed by atoms with van der Waals surface area (Å²) in [5.74, 6) is 0. The van der Waals surface area contributed by atoms with Crippen molar-refractivity contribution in [3.8, 4) is 0 Å². The van der Waals surface area contributed by atoms with Crippen LogP contribution in [-0.4, -0.2) is 7.05 Å². The molecular formula is C29H24N2. The first-order chi connectivity index (χ1) is 15.3. The van der Waals surface area contributed by atoms with Gasteiger partial charge >= 0.3 is 0 Å². The van der Waals surface area contributed by atoms with Crippen molar-refractivity contribution in [1.82, 2.24) is 0 Å². The molecule has 0 bridgehead atoms. The van der Waals surface area contributed by atoms with Crippen LogP contribution in [0.15, 0.2) is 127 Å². The van der Waals surface area contributed by atoms with Crippen molar-refractivity contribution in [2.24, 2.45) is 0 Å². The van der Waals surface area contributed by atoms with Gasteiger partial charge in [-0.05, 0) is 53.9 Å². The zero-order valence-electron chi connectivity index (χ0n) is 17.5. The summed E-state index contributed by atoms with van der Waals surface area (Å²) in [6, 6.07) is 44.7. The molecule has 0 aliphatic carbocycles. The van der Waals surface area contributed by atoms with E-state index in [1.807, 2.05) is 0 Å². The van der Waals surface area contributed by atoms with Crippen LogP contribution in [0.2, 0.25) is 0 Å². The first kappa shape index (κ1) is 19.0. The van der Waals surface area contributed by atoms with Gasteiger partial charge in [0.1, 0.15) is 0 Å². The molecule has 0 aliphatic rings. The third kappa shape index (κ3) is 3.76. The average molecular weight is 401 g/mol. The van der Waals surface area contributed by atoms with Crippen molar-refractivity contribution in [2.75, 3.05) is 16.8 Å². The molecular weight excluding hydrogens is 376 g/mol. The molecule has 0 atom stereocenters. The van der Waals surface area contributed by atoms with Crippen molar-refractivity contribution in [3.63, 3.8) is 0 Å². The fourth-order valence-corrected chi connectivity index (χ4v) is 4.08. The maximum Gasteiger partial charge on any atom is 0.0487 e. The normalized spacial score (nSPS) is 10.7. The molecule has 0 aliphatic heterocycles. The van der Waals surface area contributed by atoms with Crippen LogP contribution in [0, 0.1) is 0 Å². The second-order valence-electron chi connectivity index (χ2n) is 7.58. The first-order valence-corrected chi connectivity index (χ1v) is 10.5. The summed E-state index contributed by atoms with van der Waals surface area (Å²) in [4.78, 5) is 4.56. The first-order valence-electron chi connectivity index (χ1n) is 10.5. The Morgan fingerprint density at radius 2 is 0.968 bits per heavy atom. The Balaban J connectivity index is 1.60. The topological polar surface area (TPSA) is 6.48 Å². The molecule has 0 radical (unpaired) electrons. The number of nitrogens with zero attached hydrogens (tertiary/aromatic N) is 2. The van der Waals surface area contributed by atoms with E-state index in [1.165, 1.54) is 16.5 Å². The Morgan fingerprint density at radius 3 is 1.68 bits per heavy atom. The SMILES string of the molecule is CN(c1cccc(N(c2ccccc2)c2ccccc2)c1)c1cccc2ccccc12. The monoisotopic (exact) mass is 400 g/mol. The lowest BCUT2D eigenvalue weighted by molar-refractivity contribution is 1.21. The van der Waals surface area contributed by atoms with E-state index in [9.17, 15) is 0 Å². The summed E-state index contributed by atoms with van der Waals surface area (Å²) in [5.41, 5.74) is 5.74. The Bertz CT molecular complexity index is 1250. The van der Waals surface area contributed by atoms with Gasteiger partial charge in [-0.2, -0.15) is 0 Å². The molecule has 0 N–H and O–H groups in total. The lowest BCUT2D eigenvalue weighted by Crippen LogP contribution is -2.13. The van der Waals surface area contributed by atoms with Gasteiger partial charge in [0.05, 0.1) is 0 Å². The van der Waals surface area contributed by atoms with Crippen molar-refractivity contribution in [3.05, 3.63) is 127 Å². The van der Waals surface area contributed by atoms with Crippen molar-refractivity contribution in [2.45, 2.75) is 0 Å². The van der Waals surface area contributed by atoms with E-state index in [1.54, 1.807) is 0 Å². The predicted octanol–water partition coefficient (Wildman–Crippen LogP) is 8.08. The molecule has 0 fully saturated rings. The number of anilines is 5. The highest BCUT2D eigenvalue weighted by molar-refractivity contribution is 5.96. The minimum atomic E-state index is 1.13. The van der Waals surface area contributed by atoms with E-state index < -0.39 is 0 Å². The molecule has 0 aromatic heterocycles. The molecule has 5 aromatic rings. The lowest BCUT2D eigenvalue weighted by Gasteiger charge is -2.28. The molecule has 0 unspecified atom stereocenters. The van der Waals surface area contributed by atoms with Crippen LogP contribution in [0.1, 0.15) is 0 Å². The highest BCUT2D eigenvalue weighted by Crippen LogP contribution is 2.37. The van der Waals surface area contributed by atoms with Gasteiger partial charge in [-0.1, -0.05) is 78.9 Å². The molecule has 150 valence electrons. The summed E-state index contributed by atoms with van der Waals surface area (Å²) in [6.45, 7) is 0. The summed E-state index contributed by atoms with van der Waals surface area (Å²) in [7, 11) is 2.14. The van der Waals surface area contributed by atoms with E-state index in [0.29, 0.717) is 0 Å². The van der Waals surface area contributed by atoms with Crippen LogP contribution in [-0.2, 0) is 0 Å². The molecule has 0 heterocycles. The zero-order valence-corrected chi connectivity index (χ0v) is 17.5. The zero-order chi connectivity index (χ0) is 21.0. The number of rotatable bonds is 5. The Kier molecular flexibility index (Phi) is 5.12. The van der Waals surface area contributed by atoms with E-state index in [-0.39, 0.29) is 0 Å². The third-order valence-electron chi connectivity index (χ3n) is 5.63. The Hall–Kier alpha value is -4.04. The maximum absolute atomic E-state index is 2.29. The highest BCUT2D eigenvalue weighted by atomic mass is 15.2. The van der Waals surface area contributed by atoms with Gasteiger partial charge in [0, 0.05) is 40.9 Å². The molecule has 2 nitrogen and oxygen atoms in total. The van der Waals surface area contributed by atoms with Crippen LogP contribution in [0.5, 0.6) is 0 Å². The summed E-state index contributed by atoms with van der Waals surface area (Å²) in [5, 5.41) is 2.50. The number of benzene rings is 5. The van der Waals surface area contributed by atoms with Gasteiger partial charge in [0.15, 0.2) is 0 Å². The van der Waals surface area contributed by atoms with Crippen molar-refractivity contribution < 1.29 is 0 Å². The molecule has 31 heavy (non-hydrogen) atoms. The van der Waals surface area contributed by atoms with Crippen LogP contribution in [0.4, 0.5) is 28.4 Å². The molecule has 2 heteroatoms. The van der Waals surface area contributed by atoms with Gasteiger partial charge in [-0.15, -0.1) is 0 Å².